The molecular formula is C14H19N3O2. The molecule has 5 nitrogen and oxygen atoms in total. The summed E-state index contributed by atoms with van der Waals surface area (Å²) >= 11 is 0. The summed E-state index contributed by atoms with van der Waals surface area (Å²) in [5.74, 6) is 0.583. The fourth-order valence-corrected chi connectivity index (χ4v) is 1.83. The van der Waals surface area contributed by atoms with Crippen LogP contribution in [0.1, 0.15) is 38.2 Å². The van der Waals surface area contributed by atoms with Crippen molar-refractivity contribution in [2.75, 3.05) is 0 Å². The average molecular weight is 261 g/mol. The van der Waals surface area contributed by atoms with E-state index >= 15 is 0 Å². The molecule has 102 valence electrons. The largest absolute Gasteiger partial charge is 0.418 e. The van der Waals surface area contributed by atoms with Crippen molar-refractivity contribution in [1.29, 1.82) is 0 Å². The van der Waals surface area contributed by atoms with E-state index in [-0.39, 0.29) is 11.9 Å². The molecule has 0 saturated carbocycles. The predicted octanol–water partition coefficient (Wildman–Crippen LogP) is 2.29. The molecule has 3 N–H and O–H groups in total. The third kappa shape index (κ3) is 3.39. The number of rotatable bonds is 6. The zero-order chi connectivity index (χ0) is 13.7. The second-order valence-electron chi connectivity index (χ2n) is 4.56. The molecule has 5 heteroatoms. The van der Waals surface area contributed by atoms with Crippen molar-refractivity contribution in [3.63, 3.8) is 0 Å². The number of aliphatic hydroxyl groups is 1. The summed E-state index contributed by atoms with van der Waals surface area (Å²) in [5, 5.41) is 17.9. The molecule has 0 aliphatic rings. The van der Waals surface area contributed by atoms with Crippen LogP contribution in [0.3, 0.4) is 0 Å². The van der Waals surface area contributed by atoms with Crippen molar-refractivity contribution < 1.29 is 9.52 Å². The highest BCUT2D eigenvalue weighted by molar-refractivity contribution is 5.51. The predicted molar refractivity (Wildman–Crippen MR) is 72.2 cm³/mol. The number of nitrogens with two attached hydrogens (primary N) is 1. The second kappa shape index (κ2) is 6.45. The number of aliphatic hydroxyl groups excluding tert-OH is 1. The van der Waals surface area contributed by atoms with E-state index in [4.69, 9.17) is 10.2 Å². The van der Waals surface area contributed by atoms with Gasteiger partial charge in [0.2, 0.25) is 11.8 Å². The molecule has 0 amide bonds. The van der Waals surface area contributed by atoms with Gasteiger partial charge in [-0.15, -0.1) is 10.2 Å². The van der Waals surface area contributed by atoms with Crippen LogP contribution < -0.4 is 5.73 Å². The summed E-state index contributed by atoms with van der Waals surface area (Å²) < 4.78 is 5.48. The molecule has 0 fully saturated rings. The van der Waals surface area contributed by atoms with Crippen molar-refractivity contribution in [3.8, 4) is 11.5 Å². The van der Waals surface area contributed by atoms with Crippen LogP contribution >= 0.6 is 0 Å². The SMILES string of the molecule is CCCCC(N)C(O)c1nnc(-c2ccccc2)o1. The van der Waals surface area contributed by atoms with Crippen LogP contribution in [0.15, 0.2) is 34.7 Å². The lowest BCUT2D eigenvalue weighted by Crippen LogP contribution is -2.28. The molecule has 1 aromatic carbocycles. The Balaban J connectivity index is 2.08. The standard InChI is InChI=1S/C14H19N3O2/c1-2-3-9-11(15)12(18)14-17-16-13(19-14)10-7-5-4-6-8-10/h4-8,11-12,18H,2-3,9,15H2,1H3. The van der Waals surface area contributed by atoms with E-state index in [9.17, 15) is 5.11 Å². The van der Waals surface area contributed by atoms with E-state index in [1.165, 1.54) is 0 Å². The molecule has 0 aliphatic heterocycles. The molecule has 0 spiro atoms. The molecular weight excluding hydrogens is 242 g/mol. The van der Waals surface area contributed by atoms with Gasteiger partial charge < -0.3 is 15.3 Å². The van der Waals surface area contributed by atoms with Crippen molar-refractivity contribution in [1.82, 2.24) is 10.2 Å². The Morgan fingerprint density at radius 2 is 2.00 bits per heavy atom. The number of unbranched alkanes of at least 4 members (excludes halogenated alkanes) is 1. The Labute approximate surface area is 112 Å². The first-order valence-electron chi connectivity index (χ1n) is 6.55. The van der Waals surface area contributed by atoms with Crippen LogP contribution in [0.2, 0.25) is 0 Å². The topological polar surface area (TPSA) is 85.2 Å². The third-order valence-corrected chi connectivity index (χ3v) is 3.01. The van der Waals surface area contributed by atoms with Crippen LogP contribution in [0.5, 0.6) is 0 Å². The van der Waals surface area contributed by atoms with E-state index in [2.05, 4.69) is 17.1 Å². The lowest BCUT2D eigenvalue weighted by Gasteiger charge is -2.14. The number of nitrogens with zero attached hydrogens (tertiary/aromatic N) is 2. The number of hydrogen-bond donors (Lipinski definition) is 2. The normalized spacial score (nSPS) is 14.3. The molecule has 1 heterocycles. The first-order valence-corrected chi connectivity index (χ1v) is 6.55. The molecule has 0 aliphatic carbocycles. The van der Waals surface area contributed by atoms with Gasteiger partial charge in [-0.25, -0.2) is 0 Å². The van der Waals surface area contributed by atoms with Crippen LogP contribution in [-0.4, -0.2) is 21.3 Å². The van der Waals surface area contributed by atoms with Crippen LogP contribution in [0, 0.1) is 0 Å². The summed E-state index contributed by atoms with van der Waals surface area (Å²) in [7, 11) is 0. The number of hydrogen-bond acceptors (Lipinski definition) is 5. The Kier molecular flexibility index (Phi) is 4.65. The molecule has 2 aromatic rings. The van der Waals surface area contributed by atoms with Gasteiger partial charge in [-0.2, -0.15) is 0 Å². The fourth-order valence-electron chi connectivity index (χ4n) is 1.83. The minimum Gasteiger partial charge on any atom is -0.418 e. The minimum atomic E-state index is -0.906. The maximum atomic E-state index is 10.1. The Morgan fingerprint density at radius 3 is 2.68 bits per heavy atom. The van der Waals surface area contributed by atoms with E-state index < -0.39 is 6.10 Å². The van der Waals surface area contributed by atoms with E-state index in [0.717, 1.165) is 24.8 Å². The average Bonchev–Trinajstić information content (AvgIpc) is 2.94. The van der Waals surface area contributed by atoms with Gasteiger partial charge in [-0.3, -0.25) is 0 Å². The third-order valence-electron chi connectivity index (χ3n) is 3.01. The van der Waals surface area contributed by atoms with Crippen LogP contribution in [-0.2, 0) is 0 Å². The maximum Gasteiger partial charge on any atom is 0.247 e. The Bertz CT molecular complexity index is 498. The monoisotopic (exact) mass is 261 g/mol. The zero-order valence-corrected chi connectivity index (χ0v) is 11.0. The highest BCUT2D eigenvalue weighted by Crippen LogP contribution is 2.22. The smallest absolute Gasteiger partial charge is 0.247 e. The van der Waals surface area contributed by atoms with Crippen molar-refractivity contribution >= 4 is 0 Å². The van der Waals surface area contributed by atoms with E-state index in [1.54, 1.807) is 0 Å². The lowest BCUT2D eigenvalue weighted by atomic mass is 10.1. The van der Waals surface area contributed by atoms with Gasteiger partial charge in [0.25, 0.3) is 0 Å². The molecule has 0 saturated heterocycles. The quantitative estimate of drug-likeness (QED) is 0.833. The first kappa shape index (κ1) is 13.7. The highest BCUT2D eigenvalue weighted by atomic mass is 16.4. The molecule has 0 radical (unpaired) electrons. The summed E-state index contributed by atoms with van der Waals surface area (Å²) in [6.07, 6.45) is 1.84. The van der Waals surface area contributed by atoms with Gasteiger partial charge in [0.05, 0.1) is 0 Å². The minimum absolute atomic E-state index is 0.183. The maximum absolute atomic E-state index is 10.1. The number of aromatic nitrogens is 2. The van der Waals surface area contributed by atoms with Gasteiger partial charge >= 0.3 is 0 Å². The van der Waals surface area contributed by atoms with Crippen LogP contribution in [0.25, 0.3) is 11.5 Å². The molecule has 2 atom stereocenters. The van der Waals surface area contributed by atoms with E-state index in [0.29, 0.717) is 5.89 Å². The van der Waals surface area contributed by atoms with Crippen molar-refractivity contribution in [2.24, 2.45) is 5.73 Å². The molecule has 1 aromatic heterocycles. The zero-order valence-electron chi connectivity index (χ0n) is 11.0. The summed E-state index contributed by atoms with van der Waals surface area (Å²) in [6.45, 7) is 2.08. The Hall–Kier alpha value is -1.72. The second-order valence-corrected chi connectivity index (χ2v) is 4.56. The summed E-state index contributed by atoms with van der Waals surface area (Å²) in [5.41, 5.74) is 6.73. The summed E-state index contributed by atoms with van der Waals surface area (Å²) in [6, 6.07) is 9.08. The molecule has 2 unspecified atom stereocenters. The van der Waals surface area contributed by atoms with Gasteiger partial charge in [0.15, 0.2) is 0 Å². The number of benzene rings is 1. The van der Waals surface area contributed by atoms with Gasteiger partial charge in [-0.1, -0.05) is 38.0 Å². The van der Waals surface area contributed by atoms with Crippen LogP contribution in [0.4, 0.5) is 0 Å². The molecule has 0 bridgehead atoms. The van der Waals surface area contributed by atoms with Gasteiger partial charge in [-0.05, 0) is 18.6 Å². The lowest BCUT2D eigenvalue weighted by molar-refractivity contribution is 0.111. The Morgan fingerprint density at radius 1 is 1.26 bits per heavy atom. The van der Waals surface area contributed by atoms with Crippen molar-refractivity contribution in [3.05, 3.63) is 36.2 Å². The van der Waals surface area contributed by atoms with Gasteiger partial charge in [0.1, 0.15) is 6.10 Å². The first-order chi connectivity index (χ1) is 9.22. The highest BCUT2D eigenvalue weighted by Gasteiger charge is 2.22. The fraction of sp³-hybridized carbons (Fsp3) is 0.429. The molecule has 2 rings (SSSR count). The summed E-state index contributed by atoms with van der Waals surface area (Å²) in [4.78, 5) is 0. The van der Waals surface area contributed by atoms with E-state index in [1.807, 2.05) is 30.3 Å². The van der Waals surface area contributed by atoms with Gasteiger partial charge in [0, 0.05) is 11.6 Å². The van der Waals surface area contributed by atoms with Crippen molar-refractivity contribution in [2.45, 2.75) is 38.3 Å². The molecule has 19 heavy (non-hydrogen) atoms.